The number of rotatable bonds is 11. The van der Waals surface area contributed by atoms with Gasteiger partial charge in [-0.25, -0.2) is 14.5 Å². The van der Waals surface area contributed by atoms with Crippen molar-refractivity contribution in [1.29, 1.82) is 0 Å². The van der Waals surface area contributed by atoms with E-state index in [1.54, 1.807) is 48.9 Å². The van der Waals surface area contributed by atoms with E-state index < -0.39 is 43.8 Å². The van der Waals surface area contributed by atoms with Crippen molar-refractivity contribution in [2.75, 3.05) is 13.2 Å². The van der Waals surface area contributed by atoms with Crippen LogP contribution in [-0.2, 0) is 35.1 Å². The number of ether oxygens (including phenoxy) is 3. The van der Waals surface area contributed by atoms with Crippen LogP contribution in [0.15, 0.2) is 55.1 Å². The number of aryl methyl sites for hydroxylation is 2. The maximum Gasteiger partial charge on any atom is 0.459 e. The molecule has 240 valence electrons. The third-order valence-corrected chi connectivity index (χ3v) is 9.56. The molecule has 3 aromatic heterocycles. The van der Waals surface area contributed by atoms with Crippen LogP contribution < -0.4 is 9.61 Å². The summed E-state index contributed by atoms with van der Waals surface area (Å²) in [7, 11) is -2.36. The topological polar surface area (TPSA) is 161 Å². The molecule has 14 nitrogen and oxygen atoms in total. The second-order valence-electron chi connectivity index (χ2n) is 11.5. The molecule has 1 spiro atoms. The number of benzene rings is 1. The average Bonchev–Trinajstić information content (AvgIpc) is 3.65. The van der Waals surface area contributed by atoms with Gasteiger partial charge in [-0.2, -0.15) is 10.2 Å². The smallest absolute Gasteiger partial charge is 0.459 e. The highest BCUT2D eigenvalue weighted by Crippen LogP contribution is 2.52. The van der Waals surface area contributed by atoms with Crippen molar-refractivity contribution in [3.05, 3.63) is 60.8 Å². The molecule has 6 rings (SSSR count). The fourth-order valence-electron chi connectivity index (χ4n) is 5.69. The lowest BCUT2D eigenvalue weighted by Crippen LogP contribution is -2.56. The van der Waals surface area contributed by atoms with Crippen LogP contribution in [-0.4, -0.2) is 78.6 Å². The highest BCUT2D eigenvalue weighted by Gasteiger charge is 2.62. The Morgan fingerprint density at radius 1 is 1.22 bits per heavy atom. The monoisotopic (exact) mass is 640 g/mol. The largest absolute Gasteiger partial charge is 0.462 e. The van der Waals surface area contributed by atoms with Gasteiger partial charge in [-0.15, -0.1) is 0 Å². The second-order valence-corrected chi connectivity index (χ2v) is 13.2. The molecule has 1 unspecified atom stereocenters. The lowest BCUT2D eigenvalue weighted by Gasteiger charge is -2.44. The van der Waals surface area contributed by atoms with Crippen LogP contribution in [0.3, 0.4) is 0 Å². The first kappa shape index (κ1) is 31.3. The molecule has 5 heterocycles. The first-order chi connectivity index (χ1) is 21.5. The molecule has 2 saturated heterocycles. The number of nitrogens with zero attached hydrogens (tertiary/aromatic N) is 5. The Kier molecular flexibility index (Phi) is 8.55. The van der Waals surface area contributed by atoms with Crippen LogP contribution in [0.2, 0.25) is 0 Å². The van der Waals surface area contributed by atoms with Crippen LogP contribution in [0, 0.1) is 6.92 Å². The minimum absolute atomic E-state index is 0.262. The van der Waals surface area contributed by atoms with Gasteiger partial charge in [-0.3, -0.25) is 14.0 Å². The van der Waals surface area contributed by atoms with Crippen LogP contribution in [0.1, 0.15) is 39.1 Å². The van der Waals surface area contributed by atoms with Crippen LogP contribution in [0.5, 0.6) is 5.75 Å². The van der Waals surface area contributed by atoms with Crippen LogP contribution >= 0.6 is 7.75 Å². The first-order valence-electron chi connectivity index (χ1n) is 14.8. The number of para-hydroxylation sites is 1. The molecule has 0 aliphatic carbocycles. The Hall–Kier alpha value is -3.65. The summed E-state index contributed by atoms with van der Waals surface area (Å²) in [6.07, 6.45) is 2.43. The van der Waals surface area contributed by atoms with E-state index in [1.807, 2.05) is 37.0 Å². The van der Waals surface area contributed by atoms with Gasteiger partial charge in [0.2, 0.25) is 0 Å². The summed E-state index contributed by atoms with van der Waals surface area (Å²) in [5.74, 6) is -0.358. The summed E-state index contributed by atoms with van der Waals surface area (Å²) >= 11 is 0. The number of aliphatic hydroxyl groups excluding tert-OH is 1. The zero-order valence-electron chi connectivity index (χ0n) is 25.7. The maximum absolute atomic E-state index is 14.1. The van der Waals surface area contributed by atoms with Crippen LogP contribution in [0.25, 0.3) is 22.3 Å². The van der Waals surface area contributed by atoms with Crippen molar-refractivity contribution in [1.82, 2.24) is 29.4 Å². The summed E-state index contributed by atoms with van der Waals surface area (Å²) in [6, 6.07) is 9.32. The van der Waals surface area contributed by atoms with Crippen molar-refractivity contribution < 1.29 is 37.7 Å². The fraction of sp³-hybridized carbons (Fsp3) is 0.467. The quantitative estimate of drug-likeness (QED) is 0.181. The number of hydrogen-bond donors (Lipinski definition) is 2. The number of carbonyl (C=O) groups is 1. The lowest BCUT2D eigenvalue weighted by molar-refractivity contribution is -0.225. The zero-order valence-corrected chi connectivity index (χ0v) is 26.6. The minimum atomic E-state index is -4.20. The number of carbonyl (C=O) groups excluding carboxylic acids is 1. The maximum atomic E-state index is 14.1. The number of fused-ring (bicyclic) bond motifs is 1. The molecule has 2 fully saturated rings. The van der Waals surface area contributed by atoms with Gasteiger partial charge >= 0.3 is 13.7 Å². The molecule has 2 N–H and O–H groups in total. The summed E-state index contributed by atoms with van der Waals surface area (Å²) < 4.78 is 47.0. The van der Waals surface area contributed by atoms with Crippen molar-refractivity contribution in [2.24, 2.45) is 7.05 Å². The average molecular weight is 641 g/mol. The van der Waals surface area contributed by atoms with Gasteiger partial charge in [-0.05, 0) is 45.9 Å². The Bertz CT molecular complexity index is 1720. The van der Waals surface area contributed by atoms with Gasteiger partial charge in [0.1, 0.15) is 41.6 Å². The Balaban J connectivity index is 1.29. The van der Waals surface area contributed by atoms with Crippen molar-refractivity contribution in [3.8, 4) is 17.0 Å². The Morgan fingerprint density at radius 3 is 2.62 bits per heavy atom. The highest BCUT2D eigenvalue weighted by atomic mass is 31.2. The van der Waals surface area contributed by atoms with Gasteiger partial charge in [0.25, 0.3) is 0 Å². The van der Waals surface area contributed by atoms with Gasteiger partial charge in [0.15, 0.2) is 6.23 Å². The summed E-state index contributed by atoms with van der Waals surface area (Å²) in [5, 5.41) is 19.6. The number of aliphatic hydroxyl groups is 1. The predicted octanol–water partition coefficient (Wildman–Crippen LogP) is 3.69. The van der Waals surface area contributed by atoms with E-state index in [0.717, 1.165) is 22.3 Å². The molecule has 0 amide bonds. The molecule has 6 atom stereocenters. The fourth-order valence-corrected chi connectivity index (χ4v) is 7.19. The SMILES string of the molecule is Cc1ncnc2c1c(-c1ccn(C)n1)cn2[C@@H]1O[C@H](COP(=O)(N[C@@H](C)C(=O)OC(C)C)Oc2ccccc2)[C@@H](O)[C@]12CCO2. The van der Waals surface area contributed by atoms with E-state index in [9.17, 15) is 14.5 Å². The van der Waals surface area contributed by atoms with E-state index in [2.05, 4.69) is 20.2 Å². The molecule has 15 heteroatoms. The number of esters is 1. The standard InChI is InChI=1S/C30H37N6O8P/c1-18(2)42-28(38)20(4)34-45(39,44-21-9-7-6-8-10-21)41-16-24-26(37)30(12-14-40-30)29(43-24)36-15-22(23-11-13-35(5)33-23)25-19(3)31-17-32-27(25)36/h6-11,13,15,17-18,20,24,26,29,37H,12,14,16H2,1-5H3,(H,34,39)/t20-,24+,26+,29+,30+,45?/m0/s1. The highest BCUT2D eigenvalue weighted by molar-refractivity contribution is 7.52. The predicted molar refractivity (Wildman–Crippen MR) is 162 cm³/mol. The normalized spacial score (nSPS) is 24.9. The summed E-state index contributed by atoms with van der Waals surface area (Å²) in [5.41, 5.74) is 1.79. The summed E-state index contributed by atoms with van der Waals surface area (Å²) in [4.78, 5) is 21.5. The van der Waals surface area contributed by atoms with Crippen molar-refractivity contribution in [2.45, 2.75) is 70.3 Å². The Morgan fingerprint density at radius 2 is 1.98 bits per heavy atom. The summed E-state index contributed by atoms with van der Waals surface area (Å²) in [6.45, 7) is 6.92. The molecule has 0 bridgehead atoms. The molecular weight excluding hydrogens is 603 g/mol. The van der Waals surface area contributed by atoms with E-state index in [1.165, 1.54) is 13.3 Å². The van der Waals surface area contributed by atoms with Crippen molar-refractivity contribution in [3.63, 3.8) is 0 Å². The third-order valence-electron chi connectivity index (χ3n) is 7.91. The second kappa shape index (κ2) is 12.3. The number of nitrogens with one attached hydrogen (secondary N) is 1. The van der Waals surface area contributed by atoms with Gasteiger partial charge in [-0.1, -0.05) is 18.2 Å². The molecular formula is C30H37N6O8P. The molecule has 0 saturated carbocycles. The van der Waals surface area contributed by atoms with E-state index in [0.29, 0.717) is 18.7 Å². The molecule has 0 radical (unpaired) electrons. The van der Waals surface area contributed by atoms with E-state index in [-0.39, 0.29) is 18.5 Å². The lowest BCUT2D eigenvalue weighted by atomic mass is 9.86. The van der Waals surface area contributed by atoms with Crippen LogP contribution in [0.4, 0.5) is 0 Å². The number of aromatic nitrogens is 5. The van der Waals surface area contributed by atoms with E-state index in [4.69, 9.17) is 23.3 Å². The Labute approximate surface area is 260 Å². The van der Waals surface area contributed by atoms with Gasteiger partial charge < -0.3 is 28.4 Å². The van der Waals surface area contributed by atoms with Crippen molar-refractivity contribution >= 4 is 24.7 Å². The number of hydrogen-bond acceptors (Lipinski definition) is 11. The molecule has 2 aliphatic rings. The van der Waals surface area contributed by atoms with E-state index >= 15 is 0 Å². The first-order valence-corrected chi connectivity index (χ1v) is 16.3. The van der Waals surface area contributed by atoms with Gasteiger partial charge in [0.05, 0.1) is 30.7 Å². The molecule has 1 aromatic carbocycles. The molecule has 2 aliphatic heterocycles. The molecule has 4 aromatic rings. The third kappa shape index (κ3) is 6.01. The zero-order chi connectivity index (χ0) is 31.9. The minimum Gasteiger partial charge on any atom is -0.462 e. The van der Waals surface area contributed by atoms with Gasteiger partial charge in [0, 0.05) is 36.8 Å². The molecule has 45 heavy (non-hydrogen) atoms.